The molecule has 1 heterocycles. The van der Waals surface area contributed by atoms with Gasteiger partial charge in [0.15, 0.2) is 0 Å². The number of nitrogens with one attached hydrogen (secondary N) is 1. The lowest BCUT2D eigenvalue weighted by Gasteiger charge is -2.40. The summed E-state index contributed by atoms with van der Waals surface area (Å²) in [4.78, 5) is 5.24. The number of likely N-dealkylation sites (N-methyl/N-ethyl adjacent to an activating group) is 1. The smallest absolute Gasteiger partial charge is 0.0221 e. The Morgan fingerprint density at radius 3 is 2.11 bits per heavy atom. The predicted molar refractivity (Wildman–Crippen MR) is 80.1 cm³/mol. The quantitative estimate of drug-likeness (QED) is 0.785. The van der Waals surface area contributed by atoms with E-state index in [-0.39, 0.29) is 5.54 Å². The van der Waals surface area contributed by atoms with Crippen molar-refractivity contribution in [2.24, 2.45) is 0 Å². The van der Waals surface area contributed by atoms with Crippen LogP contribution in [0.15, 0.2) is 0 Å². The molecule has 1 rings (SSSR count). The molecule has 0 spiro atoms. The van der Waals surface area contributed by atoms with Gasteiger partial charge in [-0.15, -0.1) is 0 Å². The minimum absolute atomic E-state index is 0.233. The summed E-state index contributed by atoms with van der Waals surface area (Å²) in [5.74, 6) is 0. The van der Waals surface area contributed by atoms with Crippen molar-refractivity contribution in [3.63, 3.8) is 0 Å². The molecule has 108 valence electrons. The molecule has 0 aliphatic carbocycles. The fourth-order valence-corrected chi connectivity index (χ4v) is 2.62. The minimum atomic E-state index is 0.233. The molecule has 1 N–H and O–H groups in total. The number of nitrogens with zero attached hydrogens (tertiary/aromatic N) is 2. The summed E-state index contributed by atoms with van der Waals surface area (Å²) < 4.78 is 0. The van der Waals surface area contributed by atoms with Crippen molar-refractivity contribution in [1.29, 1.82) is 0 Å². The van der Waals surface area contributed by atoms with Gasteiger partial charge in [0.1, 0.15) is 0 Å². The van der Waals surface area contributed by atoms with Crippen molar-refractivity contribution in [2.75, 3.05) is 39.3 Å². The zero-order chi connectivity index (χ0) is 13.6. The average Bonchev–Trinajstić information content (AvgIpc) is 2.33. The van der Waals surface area contributed by atoms with Crippen LogP contribution in [-0.4, -0.2) is 60.6 Å². The number of piperazine rings is 1. The van der Waals surface area contributed by atoms with Crippen molar-refractivity contribution in [1.82, 2.24) is 15.1 Å². The third-order valence-corrected chi connectivity index (χ3v) is 3.86. The Bertz CT molecular complexity index is 214. The Hall–Kier alpha value is -0.120. The van der Waals surface area contributed by atoms with E-state index in [9.17, 15) is 0 Å². The van der Waals surface area contributed by atoms with E-state index < -0.39 is 0 Å². The first-order valence-electron chi connectivity index (χ1n) is 7.67. The number of hydrogen-bond donors (Lipinski definition) is 1. The Kier molecular flexibility index (Phi) is 6.61. The molecule has 1 aliphatic heterocycles. The van der Waals surface area contributed by atoms with Crippen LogP contribution in [0.3, 0.4) is 0 Å². The molecule has 0 aromatic rings. The van der Waals surface area contributed by atoms with Gasteiger partial charge in [0.25, 0.3) is 0 Å². The third-order valence-electron chi connectivity index (χ3n) is 3.86. The molecule has 0 saturated carbocycles. The van der Waals surface area contributed by atoms with Gasteiger partial charge < -0.3 is 10.2 Å². The van der Waals surface area contributed by atoms with Gasteiger partial charge in [-0.3, -0.25) is 4.90 Å². The van der Waals surface area contributed by atoms with Crippen LogP contribution in [0.1, 0.15) is 47.5 Å². The summed E-state index contributed by atoms with van der Waals surface area (Å²) in [6, 6.07) is 0.716. The van der Waals surface area contributed by atoms with Crippen molar-refractivity contribution in [2.45, 2.75) is 59.0 Å². The van der Waals surface area contributed by atoms with Gasteiger partial charge in [0.05, 0.1) is 0 Å². The largest absolute Gasteiger partial charge is 0.311 e. The molecule has 1 atom stereocenters. The Morgan fingerprint density at radius 2 is 1.67 bits per heavy atom. The van der Waals surface area contributed by atoms with Crippen LogP contribution >= 0.6 is 0 Å². The summed E-state index contributed by atoms with van der Waals surface area (Å²) in [7, 11) is 0. The molecule has 1 fully saturated rings. The zero-order valence-corrected chi connectivity index (χ0v) is 13.1. The molecule has 0 radical (unpaired) electrons. The van der Waals surface area contributed by atoms with Crippen molar-refractivity contribution in [3.05, 3.63) is 0 Å². The van der Waals surface area contributed by atoms with Crippen molar-refractivity contribution >= 4 is 0 Å². The normalized spacial score (nSPS) is 21.2. The van der Waals surface area contributed by atoms with E-state index >= 15 is 0 Å². The van der Waals surface area contributed by atoms with E-state index in [0.29, 0.717) is 6.04 Å². The molecule has 1 aliphatic rings. The first-order chi connectivity index (χ1) is 8.46. The van der Waals surface area contributed by atoms with Gasteiger partial charge in [-0.2, -0.15) is 0 Å². The third kappa shape index (κ3) is 5.68. The van der Waals surface area contributed by atoms with Crippen LogP contribution in [0.25, 0.3) is 0 Å². The van der Waals surface area contributed by atoms with E-state index in [4.69, 9.17) is 0 Å². The lowest BCUT2D eigenvalue weighted by Crippen LogP contribution is -2.54. The maximum absolute atomic E-state index is 3.67. The average molecular weight is 255 g/mol. The van der Waals surface area contributed by atoms with E-state index in [1.165, 1.54) is 45.6 Å². The van der Waals surface area contributed by atoms with Crippen LogP contribution in [0, 0.1) is 0 Å². The van der Waals surface area contributed by atoms with E-state index in [0.717, 1.165) is 6.54 Å². The second kappa shape index (κ2) is 7.46. The topological polar surface area (TPSA) is 18.5 Å². The highest BCUT2D eigenvalue weighted by Crippen LogP contribution is 2.12. The lowest BCUT2D eigenvalue weighted by atomic mass is 10.1. The molecule has 0 bridgehead atoms. The summed E-state index contributed by atoms with van der Waals surface area (Å²) in [5, 5.41) is 3.67. The molecule has 0 aromatic carbocycles. The second-order valence-electron chi connectivity index (χ2n) is 6.54. The van der Waals surface area contributed by atoms with Gasteiger partial charge in [0.2, 0.25) is 0 Å². The number of hydrogen-bond acceptors (Lipinski definition) is 3. The molecular weight excluding hydrogens is 222 g/mol. The van der Waals surface area contributed by atoms with Crippen molar-refractivity contribution in [3.8, 4) is 0 Å². The monoisotopic (exact) mass is 255 g/mol. The van der Waals surface area contributed by atoms with Gasteiger partial charge in [-0.25, -0.2) is 0 Å². The van der Waals surface area contributed by atoms with Gasteiger partial charge >= 0.3 is 0 Å². The summed E-state index contributed by atoms with van der Waals surface area (Å²) in [5.41, 5.74) is 0.233. The number of rotatable bonds is 6. The standard InChI is InChI=1S/C15H33N3/c1-6-8-14(13-16-15(3,4)5)18-11-9-17(7-2)10-12-18/h14,16H,6-13H2,1-5H3. The maximum atomic E-state index is 3.67. The minimum Gasteiger partial charge on any atom is -0.311 e. The molecule has 0 aromatic heterocycles. The van der Waals surface area contributed by atoms with Gasteiger partial charge in [0, 0.05) is 44.3 Å². The predicted octanol–water partition coefficient (Wildman–Crippen LogP) is 2.18. The van der Waals surface area contributed by atoms with E-state index in [1.54, 1.807) is 0 Å². The second-order valence-corrected chi connectivity index (χ2v) is 6.54. The highest BCUT2D eigenvalue weighted by Gasteiger charge is 2.23. The van der Waals surface area contributed by atoms with E-state index in [2.05, 4.69) is 49.7 Å². The Morgan fingerprint density at radius 1 is 1.06 bits per heavy atom. The van der Waals surface area contributed by atoms with Crippen LogP contribution in [0.4, 0.5) is 0 Å². The molecule has 0 amide bonds. The first kappa shape index (κ1) is 15.9. The molecule has 3 nitrogen and oxygen atoms in total. The zero-order valence-electron chi connectivity index (χ0n) is 13.1. The molecule has 3 heteroatoms. The first-order valence-corrected chi connectivity index (χ1v) is 7.67. The van der Waals surface area contributed by atoms with Crippen LogP contribution < -0.4 is 5.32 Å². The molecule has 1 unspecified atom stereocenters. The van der Waals surface area contributed by atoms with Crippen LogP contribution in [0.2, 0.25) is 0 Å². The summed E-state index contributed by atoms with van der Waals surface area (Å²) in [6.45, 7) is 18.6. The fraction of sp³-hybridized carbons (Fsp3) is 1.00. The molecule has 1 saturated heterocycles. The van der Waals surface area contributed by atoms with Crippen molar-refractivity contribution < 1.29 is 0 Å². The van der Waals surface area contributed by atoms with Gasteiger partial charge in [-0.05, 0) is 33.7 Å². The highest BCUT2D eigenvalue weighted by molar-refractivity contribution is 4.82. The summed E-state index contributed by atoms with van der Waals surface area (Å²) >= 11 is 0. The maximum Gasteiger partial charge on any atom is 0.0221 e. The Balaban J connectivity index is 2.41. The van der Waals surface area contributed by atoms with Crippen LogP contribution in [-0.2, 0) is 0 Å². The summed E-state index contributed by atoms with van der Waals surface area (Å²) in [6.07, 6.45) is 2.60. The fourth-order valence-electron chi connectivity index (χ4n) is 2.62. The molecule has 18 heavy (non-hydrogen) atoms. The SMILES string of the molecule is CCCC(CNC(C)(C)C)N1CCN(CC)CC1. The highest BCUT2D eigenvalue weighted by atomic mass is 15.3. The lowest BCUT2D eigenvalue weighted by molar-refractivity contribution is 0.0910. The van der Waals surface area contributed by atoms with Gasteiger partial charge in [-0.1, -0.05) is 20.3 Å². The molecular formula is C15H33N3. The van der Waals surface area contributed by atoms with E-state index in [1.807, 2.05) is 0 Å². The van der Waals surface area contributed by atoms with Crippen LogP contribution in [0.5, 0.6) is 0 Å². The Labute approximate surface area is 114 Å².